The van der Waals surface area contributed by atoms with Crippen LogP contribution in [0.5, 0.6) is 5.75 Å². The summed E-state index contributed by atoms with van der Waals surface area (Å²) in [6, 6.07) is 9.87. The summed E-state index contributed by atoms with van der Waals surface area (Å²) in [5, 5.41) is 8.19. The van der Waals surface area contributed by atoms with Crippen molar-refractivity contribution in [1.29, 1.82) is 0 Å². The molecule has 36 heavy (non-hydrogen) atoms. The molecule has 1 atom stereocenters. The van der Waals surface area contributed by atoms with Crippen LogP contribution in [-0.4, -0.2) is 51.2 Å². The minimum Gasteiger partial charge on any atom is -0.497 e. The summed E-state index contributed by atoms with van der Waals surface area (Å²) in [5.74, 6) is 0.676. The van der Waals surface area contributed by atoms with Crippen LogP contribution in [0, 0.1) is 0 Å². The molecule has 2 heterocycles. The van der Waals surface area contributed by atoms with Crippen molar-refractivity contribution in [2.24, 2.45) is 0 Å². The predicted molar refractivity (Wildman–Crippen MR) is 140 cm³/mol. The van der Waals surface area contributed by atoms with Gasteiger partial charge in [-0.2, -0.15) is 5.10 Å². The van der Waals surface area contributed by atoms with Crippen LogP contribution in [0.25, 0.3) is 11.3 Å². The molecule has 3 aliphatic rings. The molecule has 2 amide bonds. The maximum atomic E-state index is 14.0. The van der Waals surface area contributed by atoms with Crippen molar-refractivity contribution in [1.82, 2.24) is 20.0 Å². The van der Waals surface area contributed by atoms with Crippen molar-refractivity contribution >= 4 is 11.8 Å². The van der Waals surface area contributed by atoms with Crippen LogP contribution in [0.4, 0.5) is 0 Å². The van der Waals surface area contributed by atoms with E-state index in [2.05, 4.69) is 5.32 Å². The lowest BCUT2D eigenvalue weighted by atomic mass is 9.86. The van der Waals surface area contributed by atoms with Crippen LogP contribution in [0.1, 0.15) is 94.5 Å². The Labute approximate surface area is 214 Å². The van der Waals surface area contributed by atoms with Gasteiger partial charge in [-0.15, -0.1) is 0 Å². The second kappa shape index (κ2) is 10.7. The van der Waals surface area contributed by atoms with E-state index in [9.17, 15) is 9.59 Å². The third kappa shape index (κ3) is 4.89. The van der Waals surface area contributed by atoms with Crippen molar-refractivity contribution in [2.45, 2.75) is 108 Å². The molecule has 1 aromatic heterocycles. The number of nitrogens with one attached hydrogen (secondary N) is 1. The molecule has 1 unspecified atom stereocenters. The maximum absolute atomic E-state index is 14.0. The molecular formula is C29H40N4O3. The molecule has 194 valence electrons. The summed E-state index contributed by atoms with van der Waals surface area (Å²) in [7, 11) is 1.64. The number of aromatic nitrogens is 2. The summed E-state index contributed by atoms with van der Waals surface area (Å²) in [6.45, 7) is 2.33. The van der Waals surface area contributed by atoms with Crippen molar-refractivity contribution in [3.05, 3.63) is 36.0 Å². The number of methoxy groups -OCH3 is 1. The van der Waals surface area contributed by atoms with Crippen molar-refractivity contribution < 1.29 is 14.3 Å². The van der Waals surface area contributed by atoms with E-state index >= 15 is 0 Å². The second-order valence-electron chi connectivity index (χ2n) is 11.1. The van der Waals surface area contributed by atoms with Gasteiger partial charge in [0.25, 0.3) is 5.91 Å². The van der Waals surface area contributed by atoms with Crippen LogP contribution >= 0.6 is 0 Å². The lowest BCUT2D eigenvalue weighted by Gasteiger charge is -2.48. The van der Waals surface area contributed by atoms with Gasteiger partial charge >= 0.3 is 0 Å². The number of amides is 2. The van der Waals surface area contributed by atoms with Crippen molar-refractivity contribution in [3.63, 3.8) is 0 Å². The topological polar surface area (TPSA) is 76.5 Å². The van der Waals surface area contributed by atoms with E-state index in [1.54, 1.807) is 11.8 Å². The Bertz CT molecular complexity index is 1060. The summed E-state index contributed by atoms with van der Waals surface area (Å²) in [6.07, 6.45) is 13.4. The SMILES string of the molecule is COc1ccc(-c2cc3n(n2)CC(C)(C(=O)NC2CCCCCCC2)N(C2CCCCC2)C3=O)cc1. The van der Waals surface area contributed by atoms with Crippen LogP contribution in [0.3, 0.4) is 0 Å². The number of carbonyl (C=O) groups is 2. The highest BCUT2D eigenvalue weighted by Gasteiger charge is 2.51. The average Bonchev–Trinajstić information content (AvgIpc) is 3.30. The molecule has 2 aliphatic carbocycles. The number of hydrogen-bond donors (Lipinski definition) is 1. The van der Waals surface area contributed by atoms with Crippen molar-refractivity contribution in [3.8, 4) is 17.0 Å². The molecule has 2 saturated carbocycles. The van der Waals surface area contributed by atoms with Gasteiger partial charge in [-0.1, -0.05) is 51.4 Å². The number of rotatable bonds is 5. The highest BCUT2D eigenvalue weighted by atomic mass is 16.5. The summed E-state index contributed by atoms with van der Waals surface area (Å²) >= 11 is 0. The van der Waals surface area contributed by atoms with E-state index in [1.165, 1.54) is 25.7 Å². The fraction of sp³-hybridized carbons (Fsp3) is 0.621. The van der Waals surface area contributed by atoms with E-state index in [4.69, 9.17) is 9.84 Å². The zero-order chi connectivity index (χ0) is 25.1. The molecule has 2 fully saturated rings. The molecule has 1 N–H and O–H groups in total. The Morgan fingerprint density at radius 2 is 1.58 bits per heavy atom. The number of hydrogen-bond acceptors (Lipinski definition) is 4. The van der Waals surface area contributed by atoms with E-state index in [0.717, 1.165) is 68.4 Å². The normalized spacial score (nSPS) is 24.1. The Morgan fingerprint density at radius 3 is 2.25 bits per heavy atom. The first kappa shape index (κ1) is 24.8. The van der Waals surface area contributed by atoms with Gasteiger partial charge < -0.3 is 15.0 Å². The van der Waals surface area contributed by atoms with Gasteiger partial charge in [-0.05, 0) is 62.9 Å². The second-order valence-corrected chi connectivity index (χ2v) is 11.1. The minimum absolute atomic E-state index is 0.0286. The third-order valence-electron chi connectivity index (χ3n) is 8.46. The van der Waals surface area contributed by atoms with Gasteiger partial charge in [0.2, 0.25) is 5.91 Å². The molecule has 0 bridgehead atoms. The molecule has 7 heteroatoms. The quantitative estimate of drug-likeness (QED) is 0.612. The Hall–Kier alpha value is -2.83. The molecule has 5 rings (SSSR count). The zero-order valence-electron chi connectivity index (χ0n) is 21.8. The van der Waals surface area contributed by atoms with Crippen molar-refractivity contribution in [2.75, 3.05) is 7.11 Å². The Kier molecular flexibility index (Phi) is 7.35. The highest BCUT2D eigenvalue weighted by molar-refractivity contribution is 6.00. The number of carbonyl (C=O) groups excluding carboxylic acids is 2. The lowest BCUT2D eigenvalue weighted by Crippen LogP contribution is -2.67. The van der Waals surface area contributed by atoms with Gasteiger partial charge in [0.1, 0.15) is 17.0 Å². The average molecular weight is 493 g/mol. The van der Waals surface area contributed by atoms with Gasteiger partial charge in [0.15, 0.2) is 0 Å². The molecule has 2 aromatic rings. The zero-order valence-corrected chi connectivity index (χ0v) is 21.8. The first-order valence-corrected chi connectivity index (χ1v) is 13.9. The molecule has 7 nitrogen and oxygen atoms in total. The summed E-state index contributed by atoms with van der Waals surface area (Å²) in [4.78, 5) is 30.0. The lowest BCUT2D eigenvalue weighted by molar-refractivity contribution is -0.136. The van der Waals surface area contributed by atoms with Crippen LogP contribution in [0.2, 0.25) is 0 Å². The molecule has 0 radical (unpaired) electrons. The van der Waals surface area contributed by atoms with Gasteiger partial charge in [0.05, 0.1) is 19.3 Å². The Morgan fingerprint density at radius 1 is 0.972 bits per heavy atom. The first-order chi connectivity index (χ1) is 17.5. The number of benzene rings is 1. The van der Waals surface area contributed by atoms with Crippen LogP contribution in [0.15, 0.2) is 30.3 Å². The van der Waals surface area contributed by atoms with Crippen LogP contribution in [-0.2, 0) is 11.3 Å². The largest absolute Gasteiger partial charge is 0.497 e. The monoisotopic (exact) mass is 492 g/mol. The molecule has 1 aliphatic heterocycles. The standard InChI is InChI=1S/C29H40N4O3/c1-29(28(35)30-22-11-7-4-3-5-8-12-22)20-32-26(27(34)33(29)23-13-9-6-10-14-23)19-25(31-32)21-15-17-24(36-2)18-16-21/h15-19,22-23H,3-14,20H2,1-2H3,(H,30,35). The fourth-order valence-electron chi connectivity index (χ4n) is 6.36. The van der Waals surface area contributed by atoms with Gasteiger partial charge in [-0.3, -0.25) is 14.3 Å². The van der Waals surface area contributed by atoms with Gasteiger partial charge in [0, 0.05) is 17.6 Å². The van der Waals surface area contributed by atoms with E-state index in [1.807, 2.05) is 42.2 Å². The number of ether oxygens (including phenoxy) is 1. The van der Waals surface area contributed by atoms with Gasteiger partial charge in [-0.25, -0.2) is 0 Å². The summed E-state index contributed by atoms with van der Waals surface area (Å²) in [5.41, 5.74) is 1.28. The van der Waals surface area contributed by atoms with Crippen LogP contribution < -0.4 is 10.1 Å². The summed E-state index contributed by atoms with van der Waals surface area (Å²) < 4.78 is 7.05. The Balaban J connectivity index is 1.46. The smallest absolute Gasteiger partial charge is 0.273 e. The maximum Gasteiger partial charge on any atom is 0.273 e. The minimum atomic E-state index is -0.961. The molecular weight excluding hydrogens is 452 g/mol. The number of nitrogens with zero attached hydrogens (tertiary/aromatic N) is 3. The van der Waals surface area contributed by atoms with E-state index < -0.39 is 5.54 Å². The van der Waals surface area contributed by atoms with E-state index in [-0.39, 0.29) is 23.9 Å². The highest BCUT2D eigenvalue weighted by Crippen LogP contribution is 2.36. The first-order valence-electron chi connectivity index (χ1n) is 13.9. The fourth-order valence-corrected chi connectivity index (χ4v) is 6.36. The third-order valence-corrected chi connectivity index (χ3v) is 8.46. The molecule has 0 saturated heterocycles. The predicted octanol–water partition coefficient (Wildman–Crippen LogP) is 5.34. The molecule has 0 spiro atoms. The van der Waals surface area contributed by atoms with E-state index in [0.29, 0.717) is 12.2 Å². The molecule has 1 aromatic carbocycles. The number of fused-ring (bicyclic) bond motifs is 1.